The minimum atomic E-state index is -2.20. The van der Waals surface area contributed by atoms with E-state index >= 15 is 0 Å². The first kappa shape index (κ1) is 16.5. The maximum Gasteiger partial charge on any atom is 0.272 e. The fourth-order valence-corrected chi connectivity index (χ4v) is 1.54. The van der Waals surface area contributed by atoms with E-state index in [4.69, 9.17) is 51.5 Å². The molecule has 2 N–H and O–H groups in total. The molecule has 1 aromatic rings. The second kappa shape index (κ2) is 6.77. The molecule has 1 rings (SSSR count). The summed E-state index contributed by atoms with van der Waals surface area (Å²) < 4.78 is -2.20. The number of hydrogen-bond acceptors (Lipinski definition) is 3. The lowest BCUT2D eigenvalue weighted by Crippen LogP contribution is -2.47. The Kier molecular flexibility index (Phi) is 5.89. The molecule has 0 aliphatic carbocycles. The molecule has 0 aliphatic rings. The van der Waals surface area contributed by atoms with Crippen LogP contribution < -0.4 is 5.32 Å². The van der Waals surface area contributed by atoms with Crippen LogP contribution >= 0.6 is 46.4 Å². The summed E-state index contributed by atoms with van der Waals surface area (Å²) in [6, 6.07) is 4.77. The number of Topliss-reactive ketones (excluding diaryl/α,β-unsaturated/α-hetero) is 1. The number of aliphatic hydroxyl groups is 1. The molecular weight excluding hydrogens is 336 g/mol. The van der Waals surface area contributed by atoms with Crippen molar-refractivity contribution in [1.82, 2.24) is 5.32 Å². The first-order valence-electron chi connectivity index (χ1n) is 5.04. The molecule has 0 spiro atoms. The number of carbonyl (C=O) groups excluding carboxylic acids is 2. The molecule has 4 nitrogen and oxygen atoms in total. The molecule has 104 valence electrons. The zero-order chi connectivity index (χ0) is 14.6. The minimum absolute atomic E-state index is 0.271. The number of alkyl halides is 3. The normalized spacial score (nSPS) is 12.9. The van der Waals surface area contributed by atoms with Gasteiger partial charge in [-0.25, -0.2) is 0 Å². The summed E-state index contributed by atoms with van der Waals surface area (Å²) in [7, 11) is 0. The second-order valence-corrected chi connectivity index (χ2v) is 6.30. The van der Waals surface area contributed by atoms with E-state index in [1.165, 1.54) is 24.3 Å². The topological polar surface area (TPSA) is 66.4 Å². The summed E-state index contributed by atoms with van der Waals surface area (Å²) in [6.45, 7) is -0.617. The van der Waals surface area contributed by atoms with Crippen LogP contribution in [0.3, 0.4) is 0 Å². The van der Waals surface area contributed by atoms with Crippen LogP contribution in [0.5, 0.6) is 0 Å². The predicted octanol–water partition coefficient (Wildman–Crippen LogP) is 2.37. The van der Waals surface area contributed by atoms with Crippen molar-refractivity contribution < 1.29 is 14.7 Å². The van der Waals surface area contributed by atoms with Crippen LogP contribution in [0.2, 0.25) is 5.02 Å². The molecule has 1 atom stereocenters. The van der Waals surface area contributed by atoms with Gasteiger partial charge in [0, 0.05) is 10.6 Å². The van der Waals surface area contributed by atoms with Gasteiger partial charge in [-0.2, -0.15) is 0 Å². The van der Waals surface area contributed by atoms with Crippen LogP contribution in [0.25, 0.3) is 0 Å². The molecule has 0 fully saturated rings. The van der Waals surface area contributed by atoms with Crippen molar-refractivity contribution >= 4 is 58.1 Å². The molecule has 0 heterocycles. The molecule has 8 heteroatoms. The number of nitrogens with one attached hydrogen (secondary N) is 1. The van der Waals surface area contributed by atoms with Crippen LogP contribution in [-0.4, -0.2) is 33.2 Å². The number of ketones is 1. The van der Waals surface area contributed by atoms with Gasteiger partial charge >= 0.3 is 0 Å². The Labute approximate surface area is 129 Å². The van der Waals surface area contributed by atoms with Crippen LogP contribution in [-0.2, 0) is 4.79 Å². The van der Waals surface area contributed by atoms with Gasteiger partial charge in [-0.3, -0.25) is 9.59 Å². The molecule has 0 bridgehead atoms. The number of hydrogen-bond donors (Lipinski definition) is 2. The number of halogens is 4. The molecule has 0 saturated carbocycles. The van der Waals surface area contributed by atoms with E-state index in [-0.39, 0.29) is 5.56 Å². The number of rotatable bonds is 4. The Balaban J connectivity index is 2.83. The van der Waals surface area contributed by atoms with E-state index in [9.17, 15) is 9.59 Å². The Morgan fingerprint density at radius 3 is 2.16 bits per heavy atom. The van der Waals surface area contributed by atoms with E-state index in [1.54, 1.807) is 0 Å². The Bertz CT molecular complexity index is 470. The monoisotopic (exact) mass is 343 g/mol. The highest BCUT2D eigenvalue weighted by Crippen LogP contribution is 2.26. The fraction of sp³-hybridized carbons (Fsp3) is 0.273. The van der Waals surface area contributed by atoms with Crippen LogP contribution in [0.4, 0.5) is 0 Å². The van der Waals surface area contributed by atoms with Crippen molar-refractivity contribution in [2.75, 3.05) is 6.61 Å². The lowest BCUT2D eigenvalue weighted by atomic mass is 10.0. The number of carbonyl (C=O) groups is 2. The van der Waals surface area contributed by atoms with Crippen molar-refractivity contribution in [3.05, 3.63) is 34.9 Å². The van der Waals surface area contributed by atoms with Gasteiger partial charge in [0.15, 0.2) is 5.78 Å². The van der Waals surface area contributed by atoms with Crippen LogP contribution in [0.15, 0.2) is 24.3 Å². The molecule has 0 saturated heterocycles. The molecule has 1 aromatic carbocycles. The average Bonchev–Trinajstić information content (AvgIpc) is 2.34. The maximum atomic E-state index is 12.0. The van der Waals surface area contributed by atoms with Crippen molar-refractivity contribution in [3.8, 4) is 0 Å². The highest BCUT2D eigenvalue weighted by molar-refractivity contribution is 6.76. The summed E-state index contributed by atoms with van der Waals surface area (Å²) in [5.74, 6) is -1.50. The predicted molar refractivity (Wildman–Crippen MR) is 75.1 cm³/mol. The minimum Gasteiger partial charge on any atom is -0.394 e. The quantitative estimate of drug-likeness (QED) is 0.651. The van der Waals surface area contributed by atoms with Gasteiger partial charge in [-0.1, -0.05) is 46.4 Å². The first-order chi connectivity index (χ1) is 8.75. The van der Waals surface area contributed by atoms with E-state index in [1.807, 2.05) is 0 Å². The molecule has 0 aliphatic heterocycles. The van der Waals surface area contributed by atoms with Crippen LogP contribution in [0.1, 0.15) is 10.4 Å². The molecular formula is C11H9Cl4NO3. The third-order valence-corrected chi connectivity index (χ3v) is 2.96. The van der Waals surface area contributed by atoms with E-state index in [0.29, 0.717) is 5.02 Å². The second-order valence-electron chi connectivity index (χ2n) is 3.58. The lowest BCUT2D eigenvalue weighted by Gasteiger charge is -2.18. The van der Waals surface area contributed by atoms with Crippen molar-refractivity contribution in [3.63, 3.8) is 0 Å². The standard InChI is InChI=1S/C11H9Cl4NO3/c12-7-3-1-6(2-4-7)9(18)8(5-17)16-10(19)11(13,14)15/h1-4,8,17H,5H2,(H,16,19). The smallest absolute Gasteiger partial charge is 0.272 e. The first-order valence-corrected chi connectivity index (χ1v) is 6.55. The van der Waals surface area contributed by atoms with Gasteiger partial charge in [0.25, 0.3) is 9.70 Å². The molecule has 0 aromatic heterocycles. The zero-order valence-corrected chi connectivity index (χ0v) is 12.4. The van der Waals surface area contributed by atoms with Crippen molar-refractivity contribution in [2.45, 2.75) is 9.83 Å². The summed E-state index contributed by atoms with van der Waals surface area (Å²) >= 11 is 21.8. The Hall–Kier alpha value is -0.520. The van der Waals surface area contributed by atoms with Gasteiger partial charge in [-0.15, -0.1) is 0 Å². The lowest BCUT2D eigenvalue weighted by molar-refractivity contribution is -0.120. The number of aliphatic hydroxyl groups excluding tert-OH is 1. The van der Waals surface area contributed by atoms with E-state index < -0.39 is 28.1 Å². The van der Waals surface area contributed by atoms with Gasteiger partial charge < -0.3 is 10.4 Å². The third-order valence-electron chi connectivity index (χ3n) is 2.19. The van der Waals surface area contributed by atoms with Crippen LogP contribution in [0, 0.1) is 0 Å². The Morgan fingerprint density at radius 2 is 1.74 bits per heavy atom. The van der Waals surface area contributed by atoms with Gasteiger partial charge in [0.2, 0.25) is 0 Å². The molecule has 0 radical (unpaired) electrons. The van der Waals surface area contributed by atoms with Gasteiger partial charge in [0.1, 0.15) is 6.04 Å². The average molecular weight is 345 g/mol. The van der Waals surface area contributed by atoms with Gasteiger partial charge in [0.05, 0.1) is 6.61 Å². The fourth-order valence-electron chi connectivity index (χ4n) is 1.25. The summed E-state index contributed by atoms with van der Waals surface area (Å²) in [5, 5.41) is 11.7. The van der Waals surface area contributed by atoms with Crippen molar-refractivity contribution in [2.24, 2.45) is 0 Å². The SMILES string of the molecule is O=C(c1ccc(Cl)cc1)C(CO)NC(=O)C(Cl)(Cl)Cl. The number of amides is 1. The third kappa shape index (κ3) is 4.82. The zero-order valence-electron chi connectivity index (χ0n) is 9.37. The summed E-state index contributed by atoms with van der Waals surface area (Å²) in [5.41, 5.74) is 0.271. The van der Waals surface area contributed by atoms with E-state index in [2.05, 4.69) is 5.32 Å². The summed E-state index contributed by atoms with van der Waals surface area (Å²) in [6.07, 6.45) is 0. The highest BCUT2D eigenvalue weighted by Gasteiger charge is 2.34. The van der Waals surface area contributed by atoms with Crippen molar-refractivity contribution in [1.29, 1.82) is 0 Å². The molecule has 1 unspecified atom stereocenters. The maximum absolute atomic E-state index is 12.0. The van der Waals surface area contributed by atoms with Gasteiger partial charge in [-0.05, 0) is 24.3 Å². The molecule has 19 heavy (non-hydrogen) atoms. The Morgan fingerprint density at radius 1 is 1.21 bits per heavy atom. The summed E-state index contributed by atoms with van der Waals surface area (Å²) in [4.78, 5) is 23.4. The molecule has 1 amide bonds. The van der Waals surface area contributed by atoms with E-state index in [0.717, 1.165) is 0 Å². The highest BCUT2D eigenvalue weighted by atomic mass is 35.6. The number of benzene rings is 1. The largest absolute Gasteiger partial charge is 0.394 e.